The summed E-state index contributed by atoms with van der Waals surface area (Å²) in [5, 5.41) is 8.03. The van der Waals surface area contributed by atoms with Gasteiger partial charge in [0.25, 0.3) is 0 Å². The van der Waals surface area contributed by atoms with Gasteiger partial charge in [0, 0.05) is 12.8 Å². The van der Waals surface area contributed by atoms with Gasteiger partial charge in [-0.25, -0.2) is 10.9 Å². The first-order chi connectivity index (χ1) is 20.0. The van der Waals surface area contributed by atoms with Gasteiger partial charge in [-0.2, -0.15) is 10.2 Å². The highest BCUT2D eigenvalue weighted by Gasteiger charge is 2.06. The van der Waals surface area contributed by atoms with Crippen LogP contribution in [-0.4, -0.2) is 51.7 Å². The van der Waals surface area contributed by atoms with Crippen molar-refractivity contribution in [3.05, 3.63) is 72.8 Å². The average molecular weight is 565 g/mol. The highest BCUT2D eigenvalue weighted by atomic mass is 16.5. The van der Waals surface area contributed by atoms with Gasteiger partial charge >= 0.3 is 0 Å². The van der Waals surface area contributed by atoms with Gasteiger partial charge in [0.2, 0.25) is 11.8 Å². The topological polar surface area (TPSA) is 120 Å². The van der Waals surface area contributed by atoms with Crippen molar-refractivity contribution in [1.29, 1.82) is 0 Å². The lowest BCUT2D eigenvalue weighted by molar-refractivity contribution is -0.121. The minimum atomic E-state index is -0.145. The highest BCUT2D eigenvalue weighted by molar-refractivity contribution is 5.84. The normalized spacial score (nSPS) is 10.8. The lowest BCUT2D eigenvalue weighted by atomic mass is 10.1. The number of hydrogen-bond acceptors (Lipinski definition) is 8. The molecule has 0 fully saturated rings. The van der Waals surface area contributed by atoms with Crippen molar-refractivity contribution >= 4 is 24.2 Å². The van der Waals surface area contributed by atoms with Gasteiger partial charge in [-0.05, 0) is 60.4 Å². The summed E-state index contributed by atoms with van der Waals surface area (Å²) in [6, 6.07) is 10.8. The van der Waals surface area contributed by atoms with Crippen LogP contribution in [0.5, 0.6) is 23.0 Å². The zero-order valence-corrected chi connectivity index (χ0v) is 23.9. The molecule has 2 rings (SSSR count). The number of ether oxygens (including phenoxy) is 4. The van der Waals surface area contributed by atoms with E-state index in [1.54, 1.807) is 63.1 Å². The van der Waals surface area contributed by atoms with E-state index < -0.39 is 0 Å². The van der Waals surface area contributed by atoms with Crippen molar-refractivity contribution in [1.82, 2.24) is 10.9 Å². The number of nitrogens with one attached hydrogen (secondary N) is 2. The molecule has 0 heterocycles. The Balaban J connectivity index is 1.57. The third-order valence-electron chi connectivity index (χ3n) is 5.70. The zero-order valence-electron chi connectivity index (χ0n) is 23.9. The SMILES string of the molecule is C=CCOc1ccc(/C=N/NC(=O)CCCCCCCC(=O)N/N=C/c2ccc(OCC=C)c(OC)c2)cc1OC. The van der Waals surface area contributed by atoms with Crippen molar-refractivity contribution in [2.24, 2.45) is 10.2 Å². The van der Waals surface area contributed by atoms with Crippen LogP contribution in [0.4, 0.5) is 0 Å². The summed E-state index contributed by atoms with van der Waals surface area (Å²) in [7, 11) is 3.12. The number of methoxy groups -OCH3 is 2. The van der Waals surface area contributed by atoms with Gasteiger partial charge in [0.05, 0.1) is 26.6 Å². The molecule has 0 aromatic heterocycles. The second-order valence-electron chi connectivity index (χ2n) is 8.87. The largest absolute Gasteiger partial charge is 0.493 e. The molecule has 2 N–H and O–H groups in total. The maximum atomic E-state index is 12.0. The molecule has 0 saturated heterocycles. The molecule has 0 radical (unpaired) electrons. The maximum absolute atomic E-state index is 12.0. The smallest absolute Gasteiger partial charge is 0.240 e. The van der Waals surface area contributed by atoms with E-state index in [0.717, 1.165) is 43.2 Å². The van der Waals surface area contributed by atoms with Gasteiger partial charge in [-0.3, -0.25) is 9.59 Å². The average Bonchev–Trinajstić information content (AvgIpc) is 2.98. The third kappa shape index (κ3) is 12.9. The minimum Gasteiger partial charge on any atom is -0.493 e. The molecule has 0 spiro atoms. The molecule has 0 unspecified atom stereocenters. The first-order valence-corrected chi connectivity index (χ1v) is 13.5. The Labute approximate surface area is 242 Å². The molecule has 0 aliphatic carbocycles. The van der Waals surface area contributed by atoms with E-state index in [-0.39, 0.29) is 11.8 Å². The van der Waals surface area contributed by atoms with Crippen LogP contribution in [0.2, 0.25) is 0 Å². The van der Waals surface area contributed by atoms with E-state index in [2.05, 4.69) is 34.2 Å². The summed E-state index contributed by atoms with van der Waals surface area (Å²) in [6.45, 7) is 8.01. The monoisotopic (exact) mass is 564 g/mol. The summed E-state index contributed by atoms with van der Waals surface area (Å²) in [5.41, 5.74) is 6.63. The number of hydrazone groups is 2. The van der Waals surface area contributed by atoms with Crippen molar-refractivity contribution < 1.29 is 28.5 Å². The zero-order chi connectivity index (χ0) is 29.7. The molecule has 0 aliphatic rings. The quantitative estimate of drug-likeness (QED) is 0.0992. The van der Waals surface area contributed by atoms with Gasteiger partial charge in [0.15, 0.2) is 23.0 Å². The van der Waals surface area contributed by atoms with Crippen LogP contribution < -0.4 is 29.8 Å². The molecule has 2 aromatic carbocycles. The van der Waals surface area contributed by atoms with Crippen LogP contribution >= 0.6 is 0 Å². The molecule has 10 heteroatoms. The lowest BCUT2D eigenvalue weighted by Crippen LogP contribution is -2.17. The molecule has 0 aliphatic heterocycles. The summed E-state index contributed by atoms with van der Waals surface area (Å²) >= 11 is 0. The molecule has 10 nitrogen and oxygen atoms in total. The summed E-state index contributed by atoms with van der Waals surface area (Å²) in [4.78, 5) is 24.1. The number of hydrogen-bond donors (Lipinski definition) is 2. The van der Waals surface area contributed by atoms with Crippen molar-refractivity contribution in [3.8, 4) is 23.0 Å². The van der Waals surface area contributed by atoms with Gasteiger partial charge in [-0.1, -0.05) is 44.6 Å². The third-order valence-corrected chi connectivity index (χ3v) is 5.70. The minimum absolute atomic E-state index is 0.145. The van der Waals surface area contributed by atoms with Crippen molar-refractivity contribution in [2.45, 2.75) is 44.9 Å². The number of unbranched alkanes of at least 4 members (excludes halogenated alkanes) is 4. The fraction of sp³-hybridized carbons (Fsp3) is 0.355. The molecule has 2 amide bonds. The van der Waals surface area contributed by atoms with Crippen LogP contribution in [0.15, 0.2) is 71.9 Å². The molecule has 41 heavy (non-hydrogen) atoms. The predicted molar refractivity (Wildman–Crippen MR) is 161 cm³/mol. The van der Waals surface area contributed by atoms with E-state index in [9.17, 15) is 9.59 Å². The molecular formula is C31H40N4O6. The Hall–Kier alpha value is -4.60. The highest BCUT2D eigenvalue weighted by Crippen LogP contribution is 2.28. The number of rotatable bonds is 20. The Bertz CT molecular complexity index is 1100. The standard InChI is InChI=1S/C31H40N4O6/c1-5-18-40-26-16-14-24(20-28(26)38-3)22-32-34-30(36)12-10-8-7-9-11-13-31(37)35-33-23-25-15-17-27(41-19-6-2)29(21-25)39-4/h5-6,14-17,20-23H,1-2,7-13,18-19H2,3-4H3,(H,34,36)(H,35,37)/b32-22+,33-23+. The number of nitrogens with zero attached hydrogens (tertiary/aromatic N) is 2. The van der Waals surface area contributed by atoms with E-state index in [4.69, 9.17) is 18.9 Å². The van der Waals surface area contributed by atoms with E-state index in [1.807, 2.05) is 12.1 Å². The van der Waals surface area contributed by atoms with Crippen molar-refractivity contribution in [3.63, 3.8) is 0 Å². The van der Waals surface area contributed by atoms with Crippen LogP contribution in [-0.2, 0) is 9.59 Å². The maximum Gasteiger partial charge on any atom is 0.240 e. The summed E-state index contributed by atoms with van der Waals surface area (Å²) in [6.07, 6.45) is 11.4. The molecular weight excluding hydrogens is 524 g/mol. The molecule has 0 bridgehead atoms. The first kappa shape index (κ1) is 32.6. The molecule has 220 valence electrons. The second kappa shape index (κ2) is 19.5. The fourth-order valence-electron chi connectivity index (χ4n) is 3.64. The van der Waals surface area contributed by atoms with Crippen LogP contribution in [0.1, 0.15) is 56.1 Å². The second-order valence-corrected chi connectivity index (χ2v) is 8.87. The number of amides is 2. The summed E-state index contributed by atoms with van der Waals surface area (Å²) < 4.78 is 21.7. The Morgan fingerprint density at radius 3 is 1.49 bits per heavy atom. The molecule has 2 aromatic rings. The van der Waals surface area contributed by atoms with Gasteiger partial charge in [-0.15, -0.1) is 0 Å². The Morgan fingerprint density at radius 2 is 1.10 bits per heavy atom. The Morgan fingerprint density at radius 1 is 0.683 bits per heavy atom. The first-order valence-electron chi connectivity index (χ1n) is 13.5. The number of benzene rings is 2. The van der Waals surface area contributed by atoms with Crippen LogP contribution in [0, 0.1) is 0 Å². The van der Waals surface area contributed by atoms with E-state index in [1.165, 1.54) is 0 Å². The number of carbonyl (C=O) groups is 2. The predicted octanol–water partition coefficient (Wildman–Crippen LogP) is 5.16. The Kier molecular flexibility index (Phi) is 15.5. The molecule has 0 atom stereocenters. The van der Waals surface area contributed by atoms with Crippen molar-refractivity contribution in [2.75, 3.05) is 27.4 Å². The van der Waals surface area contributed by atoms with E-state index in [0.29, 0.717) is 49.1 Å². The van der Waals surface area contributed by atoms with Crippen LogP contribution in [0.3, 0.4) is 0 Å². The van der Waals surface area contributed by atoms with Crippen LogP contribution in [0.25, 0.3) is 0 Å². The summed E-state index contributed by atoms with van der Waals surface area (Å²) in [5.74, 6) is 2.07. The fourth-order valence-corrected chi connectivity index (χ4v) is 3.64. The molecule has 0 saturated carbocycles. The van der Waals surface area contributed by atoms with Gasteiger partial charge < -0.3 is 18.9 Å². The van der Waals surface area contributed by atoms with Gasteiger partial charge in [0.1, 0.15) is 13.2 Å². The number of carbonyl (C=O) groups excluding carboxylic acids is 2. The lowest BCUT2D eigenvalue weighted by Gasteiger charge is -2.09. The van der Waals surface area contributed by atoms with E-state index >= 15 is 0 Å².